The number of hydrogen-bond donors (Lipinski definition) is 1. The molecule has 0 bridgehead atoms. The lowest BCUT2D eigenvalue weighted by atomic mass is 10.0. The van der Waals surface area contributed by atoms with Crippen molar-refractivity contribution in [2.45, 2.75) is 6.10 Å². The van der Waals surface area contributed by atoms with Gasteiger partial charge in [-0.1, -0.05) is 60.7 Å². The van der Waals surface area contributed by atoms with Gasteiger partial charge in [-0.2, -0.15) is 4.98 Å². The molecular weight excluding hydrogens is 406 g/mol. The van der Waals surface area contributed by atoms with Crippen molar-refractivity contribution in [1.29, 1.82) is 0 Å². The third-order valence-corrected chi connectivity index (χ3v) is 5.80. The Labute approximate surface area is 185 Å². The minimum atomic E-state index is -0.400. The van der Waals surface area contributed by atoms with Crippen molar-refractivity contribution in [3.8, 4) is 0 Å². The summed E-state index contributed by atoms with van der Waals surface area (Å²) >= 11 is 0. The molecular formula is C24H28N5O3+. The van der Waals surface area contributed by atoms with Crippen molar-refractivity contribution >= 4 is 17.1 Å². The Kier molecular flexibility index (Phi) is 5.82. The van der Waals surface area contributed by atoms with Crippen LogP contribution in [0.15, 0.2) is 70.3 Å². The molecule has 0 spiro atoms. The van der Waals surface area contributed by atoms with E-state index in [1.54, 1.807) is 7.05 Å². The van der Waals surface area contributed by atoms with Crippen LogP contribution < -0.4 is 15.7 Å². The van der Waals surface area contributed by atoms with Crippen LogP contribution in [0, 0.1) is 0 Å². The van der Waals surface area contributed by atoms with Crippen molar-refractivity contribution in [2.24, 2.45) is 14.1 Å². The van der Waals surface area contributed by atoms with Crippen LogP contribution in [-0.2, 0) is 18.8 Å². The molecule has 0 amide bonds. The highest BCUT2D eigenvalue weighted by Crippen LogP contribution is 2.26. The van der Waals surface area contributed by atoms with Crippen LogP contribution in [0.2, 0.25) is 0 Å². The highest BCUT2D eigenvalue weighted by Gasteiger charge is 2.27. The summed E-state index contributed by atoms with van der Waals surface area (Å²) in [5.74, 6) is 0.595. The molecule has 0 saturated carbocycles. The smallest absolute Gasteiger partial charge is 0.332 e. The molecule has 0 aliphatic rings. The molecule has 1 N–H and O–H groups in total. The van der Waals surface area contributed by atoms with Crippen molar-refractivity contribution in [2.75, 3.05) is 27.2 Å². The number of aryl methyl sites for hydroxylation is 1. The first-order valence-corrected chi connectivity index (χ1v) is 10.5. The van der Waals surface area contributed by atoms with Crippen molar-refractivity contribution < 1.29 is 4.74 Å². The number of nitrogens with zero attached hydrogens (tertiary/aromatic N) is 4. The topological polar surface area (TPSA) is 81.9 Å². The van der Waals surface area contributed by atoms with Crippen LogP contribution in [0.25, 0.3) is 11.2 Å². The van der Waals surface area contributed by atoms with E-state index < -0.39 is 5.69 Å². The summed E-state index contributed by atoms with van der Waals surface area (Å²) < 4.78 is 9.18. The third-order valence-electron chi connectivity index (χ3n) is 5.80. The predicted octanol–water partition coefficient (Wildman–Crippen LogP) is 2.33. The molecule has 166 valence electrons. The zero-order valence-electron chi connectivity index (χ0n) is 18.8. The van der Waals surface area contributed by atoms with Gasteiger partial charge in [-0.05, 0) is 11.1 Å². The number of aromatic nitrogens is 4. The maximum atomic E-state index is 12.5. The average Bonchev–Trinajstić information content (AvgIpc) is 3.27. The van der Waals surface area contributed by atoms with Crippen molar-refractivity contribution in [3.05, 3.63) is 92.6 Å². The molecule has 0 fully saturated rings. The number of nitrogens with one attached hydrogen (secondary N) is 1. The molecule has 0 aliphatic heterocycles. The van der Waals surface area contributed by atoms with Gasteiger partial charge in [0.05, 0.1) is 20.7 Å². The number of hydrogen-bond acceptors (Lipinski definition) is 4. The van der Waals surface area contributed by atoms with E-state index in [0.29, 0.717) is 34.7 Å². The van der Waals surface area contributed by atoms with E-state index in [1.807, 2.05) is 50.5 Å². The monoisotopic (exact) mass is 434 g/mol. The SMILES string of the molecule is Cn1c(=O)c2[nH]c([N+](C)(C)CCOC(c3ccccc3)c3ccccc3)nc2n(C)c1=O. The van der Waals surface area contributed by atoms with Crippen LogP contribution in [0.1, 0.15) is 17.2 Å². The van der Waals surface area contributed by atoms with E-state index in [0.717, 1.165) is 15.7 Å². The van der Waals surface area contributed by atoms with Gasteiger partial charge in [0.1, 0.15) is 12.6 Å². The van der Waals surface area contributed by atoms with E-state index >= 15 is 0 Å². The molecule has 8 heteroatoms. The lowest BCUT2D eigenvalue weighted by Gasteiger charge is -2.27. The van der Waals surface area contributed by atoms with Crippen LogP contribution in [0.3, 0.4) is 0 Å². The summed E-state index contributed by atoms with van der Waals surface area (Å²) in [5.41, 5.74) is 2.07. The molecule has 0 aliphatic carbocycles. The van der Waals surface area contributed by atoms with Gasteiger partial charge in [-0.3, -0.25) is 23.4 Å². The van der Waals surface area contributed by atoms with Gasteiger partial charge in [0.2, 0.25) is 0 Å². The normalized spacial score (nSPS) is 12.0. The molecule has 4 rings (SSSR count). The molecule has 0 atom stereocenters. The van der Waals surface area contributed by atoms with Gasteiger partial charge in [0.25, 0.3) is 5.56 Å². The van der Waals surface area contributed by atoms with Gasteiger partial charge in [0.15, 0.2) is 11.2 Å². The number of fused-ring (bicyclic) bond motifs is 1. The molecule has 0 saturated heterocycles. The second-order valence-corrected chi connectivity index (χ2v) is 8.45. The van der Waals surface area contributed by atoms with Crippen molar-refractivity contribution in [1.82, 2.24) is 23.6 Å². The molecule has 0 radical (unpaired) electrons. The summed E-state index contributed by atoms with van der Waals surface area (Å²) in [6.07, 6.45) is -0.179. The van der Waals surface area contributed by atoms with Crippen molar-refractivity contribution in [3.63, 3.8) is 0 Å². The number of quaternary nitrogens is 1. The fourth-order valence-corrected chi connectivity index (χ4v) is 3.75. The zero-order valence-corrected chi connectivity index (χ0v) is 18.8. The number of ether oxygens (including phenoxy) is 1. The summed E-state index contributed by atoms with van der Waals surface area (Å²) in [6, 6.07) is 20.3. The van der Waals surface area contributed by atoms with E-state index in [-0.39, 0.29) is 11.7 Å². The highest BCUT2D eigenvalue weighted by molar-refractivity contribution is 5.72. The van der Waals surface area contributed by atoms with Crippen LogP contribution in [0.5, 0.6) is 0 Å². The molecule has 8 nitrogen and oxygen atoms in total. The summed E-state index contributed by atoms with van der Waals surface area (Å²) in [4.78, 5) is 32.4. The Morgan fingerprint density at radius 2 is 1.50 bits per heavy atom. The van der Waals surface area contributed by atoms with Crippen LogP contribution in [-0.4, -0.2) is 46.3 Å². The maximum Gasteiger partial charge on any atom is 0.332 e. The second-order valence-electron chi connectivity index (χ2n) is 8.45. The van der Waals surface area contributed by atoms with E-state index in [4.69, 9.17) is 4.74 Å². The zero-order chi connectivity index (χ0) is 22.9. The third kappa shape index (κ3) is 4.02. The Hall–Kier alpha value is -3.49. The van der Waals surface area contributed by atoms with Crippen LogP contribution >= 0.6 is 0 Å². The molecule has 4 aromatic rings. The maximum absolute atomic E-state index is 12.5. The fraction of sp³-hybridized carbons (Fsp3) is 0.292. The minimum Gasteiger partial charge on any atom is -0.363 e. The first kappa shape index (κ1) is 21.7. The molecule has 2 aromatic carbocycles. The minimum absolute atomic E-state index is 0.179. The van der Waals surface area contributed by atoms with E-state index in [9.17, 15) is 9.59 Å². The summed E-state index contributed by atoms with van der Waals surface area (Å²) in [7, 11) is 7.06. The van der Waals surface area contributed by atoms with Gasteiger partial charge in [-0.15, -0.1) is 0 Å². The van der Waals surface area contributed by atoms with Gasteiger partial charge >= 0.3 is 11.6 Å². The van der Waals surface area contributed by atoms with Gasteiger partial charge < -0.3 is 4.74 Å². The number of likely N-dealkylation sites (N-methyl/N-ethyl adjacent to an activating group) is 1. The lowest BCUT2D eigenvalue weighted by molar-refractivity contribution is 0.0685. The van der Waals surface area contributed by atoms with Gasteiger partial charge in [-0.25, -0.2) is 4.79 Å². The number of imidazole rings is 1. The largest absolute Gasteiger partial charge is 0.363 e. The summed E-state index contributed by atoms with van der Waals surface area (Å²) in [6.45, 7) is 1.08. The first-order valence-electron chi connectivity index (χ1n) is 10.5. The molecule has 2 aromatic heterocycles. The van der Waals surface area contributed by atoms with E-state index in [1.165, 1.54) is 11.6 Å². The average molecular weight is 435 g/mol. The Morgan fingerprint density at radius 1 is 0.938 bits per heavy atom. The second kappa shape index (κ2) is 8.57. The standard InChI is InChI=1S/C24H27N5O3/c1-27-21-19(22(30)28(2)24(27)31)25-23(26-21)29(3,4)15-16-32-20(17-11-7-5-8-12-17)18-13-9-6-10-14-18/h5-14,20H,15-16H2,1-4H3/p+1. The predicted molar refractivity (Wildman–Crippen MR) is 126 cm³/mol. The molecule has 0 unspecified atom stereocenters. The number of H-pyrrole nitrogens is 1. The quantitative estimate of drug-likeness (QED) is 0.453. The summed E-state index contributed by atoms with van der Waals surface area (Å²) in [5, 5.41) is 0. The number of benzene rings is 2. The molecule has 32 heavy (non-hydrogen) atoms. The molecule has 2 heterocycles. The first-order chi connectivity index (χ1) is 15.3. The van der Waals surface area contributed by atoms with Gasteiger partial charge in [0, 0.05) is 14.1 Å². The Balaban J connectivity index is 1.57. The lowest BCUT2D eigenvalue weighted by Crippen LogP contribution is -2.44. The number of aromatic amines is 1. The fourth-order valence-electron chi connectivity index (χ4n) is 3.75. The number of rotatable bonds is 7. The van der Waals surface area contributed by atoms with Crippen LogP contribution in [0.4, 0.5) is 5.95 Å². The Bertz CT molecular complexity index is 1300. The van der Waals surface area contributed by atoms with E-state index in [2.05, 4.69) is 34.2 Å². The highest BCUT2D eigenvalue weighted by atomic mass is 16.5. The Morgan fingerprint density at radius 3 is 2.06 bits per heavy atom.